The fourth-order valence-corrected chi connectivity index (χ4v) is 3.76. The number of nitrogens with one attached hydrogen (secondary N) is 2. The van der Waals surface area contributed by atoms with E-state index in [9.17, 15) is 9.59 Å². The maximum absolute atomic E-state index is 12.7. The van der Waals surface area contributed by atoms with Crippen LogP contribution in [0.25, 0.3) is 15.3 Å². The van der Waals surface area contributed by atoms with E-state index >= 15 is 0 Å². The largest absolute Gasteiger partial charge is 0.396 e. The monoisotopic (exact) mass is 400 g/mol. The number of fused-ring (bicyclic) bond motifs is 1. The summed E-state index contributed by atoms with van der Waals surface area (Å²) >= 11 is 1.50. The van der Waals surface area contributed by atoms with Gasteiger partial charge in [0, 0.05) is 31.1 Å². The molecule has 148 valence electrons. The number of carbonyl (C=O) groups is 2. The molecule has 7 nitrogen and oxygen atoms in total. The first kappa shape index (κ1) is 20.0. The Bertz CT molecular complexity index is 950. The summed E-state index contributed by atoms with van der Waals surface area (Å²) in [7, 11) is 0. The zero-order valence-electron chi connectivity index (χ0n) is 15.9. The zero-order valence-corrected chi connectivity index (χ0v) is 16.7. The van der Waals surface area contributed by atoms with E-state index in [0.717, 1.165) is 15.3 Å². The van der Waals surface area contributed by atoms with Crippen molar-refractivity contribution in [2.45, 2.75) is 26.3 Å². The van der Waals surface area contributed by atoms with E-state index < -0.39 is 6.04 Å². The second-order valence-electron chi connectivity index (χ2n) is 6.83. The summed E-state index contributed by atoms with van der Waals surface area (Å²) in [6.07, 6.45) is 4.33. The molecule has 28 heavy (non-hydrogen) atoms. The van der Waals surface area contributed by atoms with Gasteiger partial charge in [-0.1, -0.05) is 25.2 Å². The van der Waals surface area contributed by atoms with E-state index in [-0.39, 0.29) is 24.3 Å². The van der Waals surface area contributed by atoms with Gasteiger partial charge in [-0.05, 0) is 42.7 Å². The van der Waals surface area contributed by atoms with Crippen LogP contribution in [0.5, 0.6) is 0 Å². The number of nitrogens with zero attached hydrogens (tertiary/aromatic N) is 2. The first-order chi connectivity index (χ1) is 13.5. The van der Waals surface area contributed by atoms with Crippen molar-refractivity contribution in [1.82, 2.24) is 20.2 Å². The average Bonchev–Trinajstić information content (AvgIpc) is 3.34. The summed E-state index contributed by atoms with van der Waals surface area (Å²) in [5, 5.41) is 15.2. The average molecular weight is 401 g/mol. The van der Waals surface area contributed by atoms with Crippen molar-refractivity contribution in [2.24, 2.45) is 5.92 Å². The minimum atomic E-state index is -0.640. The predicted molar refractivity (Wildman–Crippen MR) is 110 cm³/mol. The SMILES string of the molecule is CC(C)C(NC(=O)c1ccc2nc(-n3cccc3)sc2c1)C(=O)NCCCO. The highest BCUT2D eigenvalue weighted by Crippen LogP contribution is 2.26. The molecule has 3 aromatic rings. The lowest BCUT2D eigenvalue weighted by Gasteiger charge is -2.21. The molecule has 2 amide bonds. The Balaban J connectivity index is 1.75. The van der Waals surface area contributed by atoms with Gasteiger partial charge in [0.25, 0.3) is 5.91 Å². The number of aromatic nitrogens is 2. The van der Waals surface area contributed by atoms with Crippen LogP contribution in [-0.2, 0) is 4.79 Å². The van der Waals surface area contributed by atoms with Crippen molar-refractivity contribution in [3.05, 3.63) is 48.3 Å². The Labute approximate surface area is 167 Å². The number of carbonyl (C=O) groups excluding carboxylic acids is 2. The second-order valence-corrected chi connectivity index (χ2v) is 7.84. The molecule has 1 aromatic carbocycles. The van der Waals surface area contributed by atoms with Gasteiger partial charge >= 0.3 is 0 Å². The van der Waals surface area contributed by atoms with Gasteiger partial charge < -0.3 is 20.3 Å². The third kappa shape index (κ3) is 4.58. The van der Waals surface area contributed by atoms with Crippen LogP contribution in [0.1, 0.15) is 30.6 Å². The highest BCUT2D eigenvalue weighted by atomic mass is 32.1. The lowest BCUT2D eigenvalue weighted by atomic mass is 10.0. The molecule has 8 heteroatoms. The Morgan fingerprint density at radius 1 is 1.25 bits per heavy atom. The summed E-state index contributed by atoms with van der Waals surface area (Å²) in [5.74, 6) is -0.607. The van der Waals surface area contributed by atoms with Crippen LogP contribution in [0.4, 0.5) is 0 Å². The summed E-state index contributed by atoms with van der Waals surface area (Å²) in [4.78, 5) is 29.7. The molecule has 0 radical (unpaired) electrons. The Hall–Kier alpha value is -2.71. The molecule has 0 aliphatic rings. The number of benzene rings is 1. The molecule has 0 fully saturated rings. The van der Waals surface area contributed by atoms with E-state index in [1.165, 1.54) is 11.3 Å². The summed E-state index contributed by atoms with van der Waals surface area (Å²) < 4.78 is 2.83. The van der Waals surface area contributed by atoms with Crippen LogP contribution in [0.2, 0.25) is 0 Å². The Morgan fingerprint density at radius 3 is 2.68 bits per heavy atom. The number of hydrogen-bond acceptors (Lipinski definition) is 5. The van der Waals surface area contributed by atoms with E-state index in [1.54, 1.807) is 12.1 Å². The molecule has 0 saturated carbocycles. The molecule has 0 saturated heterocycles. The second kappa shape index (κ2) is 8.99. The van der Waals surface area contributed by atoms with Gasteiger partial charge in [0.15, 0.2) is 5.13 Å². The molecular formula is C20H24N4O3S. The van der Waals surface area contributed by atoms with Crippen molar-refractivity contribution in [3.8, 4) is 5.13 Å². The Morgan fingerprint density at radius 2 is 2.00 bits per heavy atom. The highest BCUT2D eigenvalue weighted by molar-refractivity contribution is 7.20. The van der Waals surface area contributed by atoms with Crippen molar-refractivity contribution < 1.29 is 14.7 Å². The van der Waals surface area contributed by atoms with Crippen molar-refractivity contribution in [2.75, 3.05) is 13.2 Å². The maximum Gasteiger partial charge on any atom is 0.251 e. The summed E-state index contributed by atoms with van der Waals surface area (Å²) in [6, 6.07) is 8.57. The van der Waals surface area contributed by atoms with Crippen molar-refractivity contribution in [3.63, 3.8) is 0 Å². The molecule has 0 spiro atoms. The molecule has 2 aromatic heterocycles. The van der Waals surface area contributed by atoms with Crippen molar-refractivity contribution >= 4 is 33.4 Å². The third-order valence-electron chi connectivity index (χ3n) is 4.33. The fourth-order valence-electron chi connectivity index (χ4n) is 2.79. The van der Waals surface area contributed by atoms with E-state index in [1.807, 2.05) is 49.0 Å². The predicted octanol–water partition coefficient (Wildman–Crippen LogP) is 2.34. The molecule has 0 aliphatic carbocycles. The topological polar surface area (TPSA) is 96.2 Å². The van der Waals surface area contributed by atoms with Crippen molar-refractivity contribution in [1.29, 1.82) is 0 Å². The van der Waals surface area contributed by atoms with Crippen LogP contribution >= 0.6 is 11.3 Å². The molecule has 2 heterocycles. The lowest BCUT2D eigenvalue weighted by molar-refractivity contribution is -0.123. The van der Waals surface area contributed by atoms with Crippen LogP contribution in [0.3, 0.4) is 0 Å². The quantitative estimate of drug-likeness (QED) is 0.506. The number of thiazole rings is 1. The Kier molecular flexibility index (Phi) is 6.43. The van der Waals surface area contributed by atoms with Crippen LogP contribution in [0, 0.1) is 5.92 Å². The number of hydrogen-bond donors (Lipinski definition) is 3. The van der Waals surface area contributed by atoms with Gasteiger partial charge in [-0.2, -0.15) is 0 Å². The number of rotatable bonds is 8. The number of amides is 2. The molecule has 3 rings (SSSR count). The standard InChI is InChI=1S/C20H24N4O3S/c1-13(2)17(19(27)21-8-5-11-25)23-18(26)14-6-7-15-16(12-14)28-20(22-15)24-9-3-4-10-24/h3-4,6-7,9-10,12-13,17,25H,5,8,11H2,1-2H3,(H,21,27)(H,23,26). The third-order valence-corrected chi connectivity index (χ3v) is 5.37. The number of aliphatic hydroxyl groups excluding tert-OH is 1. The molecular weight excluding hydrogens is 376 g/mol. The smallest absolute Gasteiger partial charge is 0.251 e. The molecule has 0 aliphatic heterocycles. The van der Waals surface area contributed by atoms with Crippen LogP contribution < -0.4 is 10.6 Å². The van der Waals surface area contributed by atoms with Gasteiger partial charge in [0.05, 0.1) is 10.2 Å². The summed E-state index contributed by atoms with van der Waals surface area (Å²) in [6.45, 7) is 4.15. The van der Waals surface area contributed by atoms with E-state index in [0.29, 0.717) is 18.5 Å². The summed E-state index contributed by atoms with van der Waals surface area (Å²) in [5.41, 5.74) is 1.32. The van der Waals surface area contributed by atoms with Gasteiger partial charge in [-0.15, -0.1) is 0 Å². The van der Waals surface area contributed by atoms with Gasteiger partial charge in [0.1, 0.15) is 6.04 Å². The molecule has 0 bridgehead atoms. The van der Waals surface area contributed by atoms with Gasteiger partial charge in [-0.3, -0.25) is 9.59 Å². The highest BCUT2D eigenvalue weighted by Gasteiger charge is 2.24. The lowest BCUT2D eigenvalue weighted by Crippen LogP contribution is -2.49. The number of aliphatic hydroxyl groups is 1. The minimum Gasteiger partial charge on any atom is -0.396 e. The maximum atomic E-state index is 12.7. The normalized spacial score (nSPS) is 12.3. The van der Waals surface area contributed by atoms with E-state index in [2.05, 4.69) is 15.6 Å². The fraction of sp³-hybridized carbons (Fsp3) is 0.350. The molecule has 1 unspecified atom stereocenters. The van der Waals surface area contributed by atoms with Gasteiger partial charge in [0.2, 0.25) is 5.91 Å². The molecule has 3 N–H and O–H groups in total. The van der Waals surface area contributed by atoms with E-state index in [4.69, 9.17) is 5.11 Å². The first-order valence-corrected chi connectivity index (χ1v) is 10.0. The molecule has 1 atom stereocenters. The van der Waals surface area contributed by atoms with Crippen LogP contribution in [0.15, 0.2) is 42.7 Å². The van der Waals surface area contributed by atoms with Crippen LogP contribution in [-0.4, -0.2) is 45.7 Å². The zero-order chi connectivity index (χ0) is 20.1. The van der Waals surface area contributed by atoms with Gasteiger partial charge in [-0.25, -0.2) is 4.98 Å². The first-order valence-electron chi connectivity index (χ1n) is 9.23. The minimum absolute atomic E-state index is 0.0127.